The van der Waals surface area contributed by atoms with Crippen molar-refractivity contribution in [1.82, 2.24) is 0 Å². The summed E-state index contributed by atoms with van der Waals surface area (Å²) < 4.78 is 34.1. The third kappa shape index (κ3) is 118. The van der Waals surface area contributed by atoms with E-state index in [-0.39, 0.29) is 27.6 Å². The quantitative estimate of drug-likeness (QED) is 0.352. The predicted octanol–water partition coefficient (Wildman–Crippen LogP) is -1.23. The van der Waals surface area contributed by atoms with E-state index in [1.54, 1.807) is 0 Å². The Kier molecular flexibility index (Phi) is 4.70. The fourth-order valence-electron chi connectivity index (χ4n) is 0. The van der Waals surface area contributed by atoms with Gasteiger partial charge in [-0.3, -0.25) is 8.42 Å². The molecule has 0 N–H and O–H groups in total. The molecular weight excluding hydrogens is 187 g/mol. The predicted molar refractivity (Wildman–Crippen MR) is 11.6 cm³/mol. The first-order valence-electron chi connectivity index (χ1n) is 0.667. The first kappa shape index (κ1) is 9.89. The van der Waals surface area contributed by atoms with Crippen LogP contribution in [0, 0.1) is 0 Å². The van der Waals surface area contributed by atoms with Crippen LogP contribution < -0.4 is 0 Å². The Balaban J connectivity index is -0.0000000800. The van der Waals surface area contributed by atoms with Crippen LogP contribution >= 0.6 is 0 Å². The zero-order valence-electron chi connectivity index (χ0n) is 3.54. The summed E-state index contributed by atoms with van der Waals surface area (Å²) in [5, 5.41) is 0. The fourth-order valence-corrected chi connectivity index (χ4v) is 0. The van der Waals surface area contributed by atoms with Crippen molar-refractivity contribution in [3.05, 3.63) is 0 Å². The number of hydrogen-bond donors (Lipinski definition) is 0. The molecule has 0 aliphatic rings. The average Bonchev–Trinajstić information content (AvgIpc) is 0.722. The zero-order chi connectivity index (χ0) is 4.50. The van der Waals surface area contributed by atoms with E-state index in [9.17, 15) is 0 Å². The smallest absolute Gasteiger partial charge is 0.759 e. The van der Waals surface area contributed by atoms with Crippen molar-refractivity contribution in [3.63, 3.8) is 0 Å². The Bertz CT molecular complexity index is 94.9. The van der Waals surface area contributed by atoms with E-state index in [2.05, 4.69) is 0 Å². The molecular formula is HO4SZr-. The molecule has 0 unspecified atom stereocenters. The molecule has 0 saturated carbocycles. The van der Waals surface area contributed by atoms with E-state index in [0.29, 0.717) is 0 Å². The van der Waals surface area contributed by atoms with E-state index in [1.807, 2.05) is 0 Å². The molecule has 0 saturated heterocycles. The summed E-state index contributed by atoms with van der Waals surface area (Å²) in [5.41, 5.74) is 0. The molecule has 36 valence electrons. The fraction of sp³-hybridized carbons (Fsp3) is 0. The van der Waals surface area contributed by atoms with E-state index in [1.165, 1.54) is 0 Å². The second kappa shape index (κ2) is 2.85. The molecule has 0 heterocycles. The van der Waals surface area contributed by atoms with Crippen molar-refractivity contribution in [2.75, 3.05) is 0 Å². The summed E-state index contributed by atoms with van der Waals surface area (Å²) in [6, 6.07) is 0. The summed E-state index contributed by atoms with van der Waals surface area (Å²) in [5.74, 6) is 0. The molecule has 0 atom stereocenters. The molecule has 0 spiro atoms. The molecule has 0 radical (unpaired) electrons. The molecule has 0 fully saturated rings. The molecule has 0 amide bonds. The van der Waals surface area contributed by atoms with E-state index in [0.717, 1.165) is 0 Å². The van der Waals surface area contributed by atoms with E-state index in [4.69, 9.17) is 17.5 Å². The summed E-state index contributed by atoms with van der Waals surface area (Å²) >= 11 is 0. The van der Waals surface area contributed by atoms with Gasteiger partial charge in [-0.15, -0.1) is 0 Å². The third-order valence-corrected chi connectivity index (χ3v) is 0. The van der Waals surface area contributed by atoms with Gasteiger partial charge in [0.15, 0.2) is 0 Å². The first-order chi connectivity index (χ1) is 2.00. The molecule has 0 aliphatic heterocycles. The summed E-state index contributed by atoms with van der Waals surface area (Å²) in [6.45, 7) is 0. The average molecular weight is 188 g/mol. The van der Waals surface area contributed by atoms with Crippen molar-refractivity contribution in [2.24, 2.45) is 0 Å². The van der Waals surface area contributed by atoms with Gasteiger partial charge in [0, 0.05) is 36.6 Å². The van der Waals surface area contributed by atoms with E-state index >= 15 is 0 Å². The molecule has 0 aromatic carbocycles. The Hall–Kier alpha value is 0.753. The van der Waals surface area contributed by atoms with Gasteiger partial charge in [-0.1, -0.05) is 0 Å². The SMILES string of the molecule is O=S(=O)([O-])[O-].[H+].[Zr]. The minimum atomic E-state index is -5.17. The van der Waals surface area contributed by atoms with Crippen molar-refractivity contribution in [1.29, 1.82) is 0 Å². The largest absolute Gasteiger partial charge is 1.00 e. The molecule has 4 nitrogen and oxygen atoms in total. The molecule has 6 heteroatoms. The van der Waals surface area contributed by atoms with Gasteiger partial charge < -0.3 is 9.11 Å². The second-order valence-corrected chi connectivity index (χ2v) is 1.22. The van der Waals surface area contributed by atoms with Gasteiger partial charge in [0.05, 0.1) is 0 Å². The Morgan fingerprint density at radius 2 is 1.33 bits per heavy atom. The van der Waals surface area contributed by atoms with Crippen molar-refractivity contribution < 1.29 is 45.2 Å². The van der Waals surface area contributed by atoms with Crippen LogP contribution in [0.1, 0.15) is 1.43 Å². The van der Waals surface area contributed by atoms with Crippen LogP contribution in [0.4, 0.5) is 0 Å². The van der Waals surface area contributed by atoms with Crippen LogP contribution in [0.3, 0.4) is 0 Å². The Labute approximate surface area is 55.7 Å². The van der Waals surface area contributed by atoms with Crippen LogP contribution in [0.2, 0.25) is 0 Å². The van der Waals surface area contributed by atoms with Gasteiger partial charge in [-0.05, 0) is 0 Å². The first-order valence-corrected chi connectivity index (χ1v) is 2.00. The topological polar surface area (TPSA) is 80.3 Å². The van der Waals surface area contributed by atoms with Crippen LogP contribution in [-0.4, -0.2) is 17.5 Å². The summed E-state index contributed by atoms with van der Waals surface area (Å²) in [6.07, 6.45) is 0. The molecule has 6 heavy (non-hydrogen) atoms. The number of hydrogen-bond acceptors (Lipinski definition) is 4. The Morgan fingerprint density at radius 3 is 1.33 bits per heavy atom. The van der Waals surface area contributed by atoms with Crippen LogP contribution in [-0.2, 0) is 36.6 Å². The van der Waals surface area contributed by atoms with Gasteiger partial charge in [-0.2, -0.15) is 0 Å². The molecule has 0 aliphatic carbocycles. The minimum absolute atomic E-state index is 0. The molecule has 0 aromatic rings. The monoisotopic (exact) mass is 187 g/mol. The van der Waals surface area contributed by atoms with Crippen molar-refractivity contribution >= 4 is 10.4 Å². The van der Waals surface area contributed by atoms with Gasteiger partial charge in [0.25, 0.3) is 0 Å². The number of rotatable bonds is 0. The standard InChI is InChI=1S/H2O4S.Zr/c1-5(2,3)4;/h(H2,1,2,3,4);/p-1. The molecule has 0 aromatic heterocycles. The molecule has 0 rings (SSSR count). The normalized spacial score (nSPS) is 9.67. The van der Waals surface area contributed by atoms with Crippen molar-refractivity contribution in [2.45, 2.75) is 0 Å². The van der Waals surface area contributed by atoms with Gasteiger partial charge in [0.2, 0.25) is 0 Å². The van der Waals surface area contributed by atoms with E-state index < -0.39 is 10.4 Å². The van der Waals surface area contributed by atoms with Gasteiger partial charge in [0.1, 0.15) is 0 Å². The second-order valence-electron chi connectivity index (χ2n) is 0.408. The van der Waals surface area contributed by atoms with Crippen LogP contribution in [0.25, 0.3) is 0 Å². The maximum Gasteiger partial charge on any atom is 1.00 e. The zero-order valence-corrected chi connectivity index (χ0v) is 5.82. The Morgan fingerprint density at radius 1 is 1.33 bits per heavy atom. The summed E-state index contributed by atoms with van der Waals surface area (Å²) in [7, 11) is -5.17. The minimum Gasteiger partial charge on any atom is -0.759 e. The van der Waals surface area contributed by atoms with Gasteiger partial charge in [-0.25, -0.2) is 0 Å². The summed E-state index contributed by atoms with van der Waals surface area (Å²) in [4.78, 5) is 0. The van der Waals surface area contributed by atoms with Crippen molar-refractivity contribution in [3.8, 4) is 0 Å². The maximum atomic E-state index is 8.52. The van der Waals surface area contributed by atoms with Crippen LogP contribution in [0.15, 0.2) is 0 Å². The van der Waals surface area contributed by atoms with Crippen LogP contribution in [0.5, 0.6) is 0 Å². The molecule has 0 bridgehead atoms. The maximum absolute atomic E-state index is 8.52. The third-order valence-electron chi connectivity index (χ3n) is 0. The van der Waals surface area contributed by atoms with Gasteiger partial charge >= 0.3 is 1.43 Å².